The van der Waals surface area contributed by atoms with Gasteiger partial charge in [-0.3, -0.25) is 15.0 Å². The molecule has 3 nitrogen and oxygen atoms in total. The zero-order valence-electron chi connectivity index (χ0n) is 38.8. The first kappa shape index (κ1) is 55.4. The van der Waals surface area contributed by atoms with Gasteiger partial charge in [0, 0.05) is 42.1 Å². The van der Waals surface area contributed by atoms with Crippen molar-refractivity contribution in [3.05, 3.63) is 124 Å². The van der Waals surface area contributed by atoms with E-state index in [1.165, 1.54) is 44.6 Å². The number of benzene rings is 1. The summed E-state index contributed by atoms with van der Waals surface area (Å²) in [5.41, 5.74) is 11.5. The third-order valence-corrected chi connectivity index (χ3v) is 7.35. The Morgan fingerprint density at radius 3 is 1.04 bits per heavy atom. The third kappa shape index (κ3) is 23.3. The Kier molecular flexibility index (Phi) is 30.1. The lowest BCUT2D eigenvalue weighted by Gasteiger charge is -2.21. The third-order valence-electron chi connectivity index (χ3n) is 7.35. The fourth-order valence-corrected chi connectivity index (χ4v) is 5.25. The maximum absolute atomic E-state index is 4.35. The van der Waals surface area contributed by atoms with Gasteiger partial charge in [-0.05, 0) is 101 Å². The molecule has 52 heavy (non-hydrogen) atoms. The molecule has 0 radical (unpaired) electrons. The van der Waals surface area contributed by atoms with E-state index >= 15 is 0 Å². The number of pyridine rings is 3. The highest BCUT2D eigenvalue weighted by Crippen LogP contribution is 2.26. The second-order valence-corrected chi connectivity index (χ2v) is 15.9. The molecule has 0 aliphatic rings. The SMILES string of the molecule is CC.CC.CC.CC.Cc1ccccc1C(C)(C)C.Cc1cccnc1C(C)(C)C.Cc1ccncc1C(C)(C)C.Cc1cnccc1C(C)(C)C. The molecule has 4 rings (SSSR count). The van der Waals surface area contributed by atoms with Crippen LogP contribution >= 0.6 is 0 Å². The maximum atomic E-state index is 4.35. The Balaban J connectivity index is -0.000000277. The normalized spacial score (nSPS) is 10.3. The van der Waals surface area contributed by atoms with Gasteiger partial charge in [-0.2, -0.15) is 0 Å². The van der Waals surface area contributed by atoms with Crippen LogP contribution in [0.25, 0.3) is 0 Å². The lowest BCUT2D eigenvalue weighted by atomic mass is 9.84. The first-order chi connectivity index (χ1) is 24.1. The molecule has 0 aliphatic carbocycles. The number of aryl methyl sites for hydroxylation is 4. The number of nitrogens with zero attached hydrogens (tertiary/aromatic N) is 3. The summed E-state index contributed by atoms with van der Waals surface area (Å²) in [6.45, 7) is 51.1. The second kappa shape index (κ2) is 28.2. The predicted octanol–water partition coefficient (Wildman–Crippen LogP) is 15.5. The molecule has 3 heterocycles. The van der Waals surface area contributed by atoms with Crippen LogP contribution in [-0.2, 0) is 21.7 Å². The summed E-state index contributed by atoms with van der Waals surface area (Å²) in [7, 11) is 0. The molecule has 0 spiro atoms. The van der Waals surface area contributed by atoms with E-state index in [4.69, 9.17) is 0 Å². The molecule has 0 saturated carbocycles. The summed E-state index contributed by atoms with van der Waals surface area (Å²) < 4.78 is 0. The van der Waals surface area contributed by atoms with Gasteiger partial charge in [-0.15, -0.1) is 0 Å². The molecule has 0 amide bonds. The van der Waals surface area contributed by atoms with Crippen molar-refractivity contribution in [2.75, 3.05) is 0 Å². The topological polar surface area (TPSA) is 38.7 Å². The first-order valence-corrected chi connectivity index (χ1v) is 19.9. The fraction of sp³-hybridized carbons (Fsp3) is 0.571. The van der Waals surface area contributed by atoms with Gasteiger partial charge in [0.25, 0.3) is 0 Å². The quantitative estimate of drug-likeness (QED) is 0.182. The summed E-state index contributed by atoms with van der Waals surface area (Å²) in [6.07, 6.45) is 9.42. The van der Waals surface area contributed by atoms with Crippen molar-refractivity contribution in [1.82, 2.24) is 15.0 Å². The minimum atomic E-state index is 0.172. The molecule has 0 atom stereocenters. The van der Waals surface area contributed by atoms with Crippen LogP contribution in [0.2, 0.25) is 0 Å². The minimum Gasteiger partial charge on any atom is -0.264 e. The van der Waals surface area contributed by atoms with E-state index in [1.54, 1.807) is 0 Å². The van der Waals surface area contributed by atoms with Crippen LogP contribution in [0.5, 0.6) is 0 Å². The standard InChI is InChI=1S/C11H16.3C10H15N.4C2H6/c1-9-7-5-6-8-10(9)11(2,3)4;1-8-7-11-6-5-9(8)10(2,3)4;1-8-5-6-11-7-9(8)10(2,3)4;1-8-6-5-7-11-9(8)10(2,3)4;4*1-2/h5-8H,1-4H3;3*5-7H,1-4H3;4*1-2H3. The van der Waals surface area contributed by atoms with Crippen LogP contribution in [0, 0.1) is 27.7 Å². The van der Waals surface area contributed by atoms with Crippen LogP contribution < -0.4 is 0 Å². The Morgan fingerprint density at radius 1 is 0.346 bits per heavy atom. The van der Waals surface area contributed by atoms with Gasteiger partial charge in [0.05, 0.1) is 0 Å². The number of rotatable bonds is 0. The average molecular weight is 716 g/mol. The van der Waals surface area contributed by atoms with E-state index in [-0.39, 0.29) is 21.7 Å². The van der Waals surface area contributed by atoms with Gasteiger partial charge in [0.15, 0.2) is 0 Å². The van der Waals surface area contributed by atoms with Crippen molar-refractivity contribution in [2.24, 2.45) is 0 Å². The Hall–Kier alpha value is -3.33. The van der Waals surface area contributed by atoms with E-state index in [0.717, 1.165) is 0 Å². The van der Waals surface area contributed by atoms with Crippen LogP contribution in [0.1, 0.15) is 183 Å². The highest BCUT2D eigenvalue weighted by Gasteiger charge is 2.17. The van der Waals surface area contributed by atoms with E-state index in [2.05, 4.69) is 168 Å². The number of hydrogen-bond donors (Lipinski definition) is 0. The highest BCUT2D eigenvalue weighted by atomic mass is 14.7. The smallest absolute Gasteiger partial charge is 0.0486 e. The molecular formula is C49H85N3. The molecule has 0 saturated heterocycles. The van der Waals surface area contributed by atoms with E-state index in [0.29, 0.717) is 0 Å². The summed E-state index contributed by atoms with van der Waals surface area (Å²) >= 11 is 0. The maximum Gasteiger partial charge on any atom is 0.0486 e. The second-order valence-electron chi connectivity index (χ2n) is 15.9. The highest BCUT2D eigenvalue weighted by molar-refractivity contribution is 5.31. The van der Waals surface area contributed by atoms with E-state index in [1.807, 2.05) is 92.4 Å². The van der Waals surface area contributed by atoms with Crippen molar-refractivity contribution < 1.29 is 0 Å². The first-order valence-electron chi connectivity index (χ1n) is 19.9. The molecule has 3 aromatic heterocycles. The molecule has 296 valence electrons. The van der Waals surface area contributed by atoms with E-state index in [9.17, 15) is 0 Å². The Labute approximate surface area is 326 Å². The molecule has 0 bridgehead atoms. The van der Waals surface area contributed by atoms with Crippen LogP contribution in [0.15, 0.2) is 79.5 Å². The molecule has 3 heteroatoms. The van der Waals surface area contributed by atoms with Crippen molar-refractivity contribution in [3.63, 3.8) is 0 Å². The Bertz CT molecular complexity index is 1200. The van der Waals surface area contributed by atoms with Gasteiger partial charge in [-0.25, -0.2) is 0 Å². The molecule has 1 aromatic carbocycles. The van der Waals surface area contributed by atoms with Gasteiger partial charge in [0.2, 0.25) is 0 Å². The van der Waals surface area contributed by atoms with Crippen molar-refractivity contribution >= 4 is 0 Å². The van der Waals surface area contributed by atoms with Crippen LogP contribution in [-0.4, -0.2) is 15.0 Å². The predicted molar refractivity (Wildman–Crippen MR) is 238 cm³/mol. The monoisotopic (exact) mass is 716 g/mol. The van der Waals surface area contributed by atoms with Gasteiger partial charge >= 0.3 is 0 Å². The average Bonchev–Trinajstić information content (AvgIpc) is 3.08. The number of hydrogen-bond acceptors (Lipinski definition) is 3. The van der Waals surface area contributed by atoms with E-state index < -0.39 is 0 Å². The molecular weight excluding hydrogens is 631 g/mol. The van der Waals surface area contributed by atoms with Crippen molar-refractivity contribution in [3.8, 4) is 0 Å². The molecule has 0 fully saturated rings. The van der Waals surface area contributed by atoms with Crippen molar-refractivity contribution in [2.45, 2.75) is 188 Å². The van der Waals surface area contributed by atoms with Crippen molar-refractivity contribution in [1.29, 1.82) is 0 Å². The van der Waals surface area contributed by atoms with Gasteiger partial charge < -0.3 is 0 Å². The van der Waals surface area contributed by atoms with Crippen LogP contribution in [0.4, 0.5) is 0 Å². The summed E-state index contributed by atoms with van der Waals surface area (Å²) in [5.74, 6) is 0. The largest absolute Gasteiger partial charge is 0.264 e. The lowest BCUT2D eigenvalue weighted by Crippen LogP contribution is -2.14. The zero-order valence-corrected chi connectivity index (χ0v) is 38.8. The van der Waals surface area contributed by atoms with Gasteiger partial charge in [-0.1, -0.05) is 169 Å². The van der Waals surface area contributed by atoms with Gasteiger partial charge in [0.1, 0.15) is 0 Å². The molecule has 4 aromatic rings. The summed E-state index contributed by atoms with van der Waals surface area (Å²) in [4.78, 5) is 12.5. The lowest BCUT2D eigenvalue weighted by molar-refractivity contribution is 0.564. The molecule has 0 N–H and O–H groups in total. The summed E-state index contributed by atoms with van der Waals surface area (Å²) in [6, 6.07) is 16.8. The zero-order chi connectivity index (χ0) is 41.9. The summed E-state index contributed by atoms with van der Waals surface area (Å²) in [5, 5.41) is 0. The fourth-order valence-electron chi connectivity index (χ4n) is 5.25. The molecule has 0 unspecified atom stereocenters. The molecule has 0 aliphatic heterocycles. The number of aromatic nitrogens is 3. The minimum absolute atomic E-state index is 0.172. The van der Waals surface area contributed by atoms with Crippen LogP contribution in [0.3, 0.4) is 0 Å². The Morgan fingerprint density at radius 2 is 0.731 bits per heavy atom.